The first-order chi connectivity index (χ1) is 8.81. The van der Waals surface area contributed by atoms with Crippen molar-refractivity contribution < 1.29 is 13.9 Å². The van der Waals surface area contributed by atoms with Gasteiger partial charge in [0.05, 0.1) is 13.0 Å². The summed E-state index contributed by atoms with van der Waals surface area (Å²) in [6.45, 7) is 0.479. The summed E-state index contributed by atoms with van der Waals surface area (Å²) >= 11 is 2.93. The molecule has 1 aliphatic rings. The number of nitrogens with zero attached hydrogens (tertiary/aromatic N) is 2. The summed E-state index contributed by atoms with van der Waals surface area (Å²) in [6.07, 6.45) is 1.34. The average Bonchev–Trinajstić information content (AvgIpc) is 3.06. The Labute approximate surface area is 112 Å². The Bertz CT molecular complexity index is 538. The molecule has 2 aromatic heterocycles. The molecule has 0 spiro atoms. The number of aromatic nitrogens is 2. The first-order valence-corrected chi connectivity index (χ1v) is 7.25. The van der Waals surface area contributed by atoms with Crippen LogP contribution in [-0.4, -0.2) is 28.0 Å². The van der Waals surface area contributed by atoms with Gasteiger partial charge in [0.25, 0.3) is 5.22 Å². The van der Waals surface area contributed by atoms with Gasteiger partial charge in [-0.05, 0) is 23.2 Å². The van der Waals surface area contributed by atoms with Crippen LogP contribution in [0.25, 0.3) is 0 Å². The number of carbonyl (C=O) groups is 1. The molecule has 1 saturated heterocycles. The summed E-state index contributed by atoms with van der Waals surface area (Å²) < 4.78 is 10.4. The van der Waals surface area contributed by atoms with Gasteiger partial charge in [-0.15, -0.1) is 21.5 Å². The largest absolute Gasteiger partial charge is 0.465 e. The Kier molecular flexibility index (Phi) is 3.33. The summed E-state index contributed by atoms with van der Waals surface area (Å²) in [5, 5.41) is 10.2. The standard InChI is InChI=1S/C11H10N2O3S2/c14-10-8(3-4-15-10)18-11-13-12-9(16-11)6-7-2-1-5-17-7/h1-2,5,8H,3-4,6H2/t8-/m0/s1. The fourth-order valence-electron chi connectivity index (χ4n) is 1.63. The number of thiophene rings is 1. The number of rotatable bonds is 4. The Balaban J connectivity index is 1.64. The fraction of sp³-hybridized carbons (Fsp3) is 0.364. The third-order valence-corrected chi connectivity index (χ3v) is 4.44. The van der Waals surface area contributed by atoms with Crippen molar-refractivity contribution in [2.24, 2.45) is 0 Å². The molecular weight excluding hydrogens is 272 g/mol. The van der Waals surface area contributed by atoms with E-state index in [2.05, 4.69) is 10.2 Å². The third kappa shape index (κ3) is 2.56. The van der Waals surface area contributed by atoms with Gasteiger partial charge >= 0.3 is 5.97 Å². The van der Waals surface area contributed by atoms with E-state index in [0.29, 0.717) is 30.6 Å². The highest BCUT2D eigenvalue weighted by Gasteiger charge is 2.29. The fourth-order valence-corrected chi connectivity index (χ4v) is 3.18. The summed E-state index contributed by atoms with van der Waals surface area (Å²) in [4.78, 5) is 12.5. The lowest BCUT2D eigenvalue weighted by molar-refractivity contribution is -0.137. The van der Waals surface area contributed by atoms with Gasteiger partial charge in [0.2, 0.25) is 5.89 Å². The number of thioether (sulfide) groups is 1. The summed E-state index contributed by atoms with van der Waals surface area (Å²) in [7, 11) is 0. The van der Waals surface area contributed by atoms with Crippen molar-refractivity contribution in [3.8, 4) is 0 Å². The van der Waals surface area contributed by atoms with E-state index in [-0.39, 0.29) is 11.2 Å². The van der Waals surface area contributed by atoms with Crippen molar-refractivity contribution in [2.45, 2.75) is 23.3 Å². The highest BCUT2D eigenvalue weighted by atomic mass is 32.2. The minimum atomic E-state index is -0.208. The van der Waals surface area contributed by atoms with Gasteiger partial charge in [0.1, 0.15) is 5.25 Å². The molecule has 2 aromatic rings. The molecule has 1 atom stereocenters. The zero-order valence-electron chi connectivity index (χ0n) is 9.37. The highest BCUT2D eigenvalue weighted by Crippen LogP contribution is 2.28. The van der Waals surface area contributed by atoms with Crippen molar-refractivity contribution >= 4 is 29.1 Å². The van der Waals surface area contributed by atoms with Crippen LogP contribution in [0.4, 0.5) is 0 Å². The zero-order valence-corrected chi connectivity index (χ0v) is 11.0. The molecule has 0 aliphatic carbocycles. The summed E-state index contributed by atoms with van der Waals surface area (Å²) in [5.41, 5.74) is 0. The van der Waals surface area contributed by atoms with Crippen LogP contribution in [0.2, 0.25) is 0 Å². The first kappa shape index (κ1) is 11.7. The lowest BCUT2D eigenvalue weighted by Crippen LogP contribution is -2.09. The molecule has 1 fully saturated rings. The van der Waals surface area contributed by atoms with E-state index in [4.69, 9.17) is 9.15 Å². The number of hydrogen-bond acceptors (Lipinski definition) is 7. The third-order valence-electron chi connectivity index (χ3n) is 2.48. The van der Waals surface area contributed by atoms with Crippen LogP contribution in [0.15, 0.2) is 27.2 Å². The minimum Gasteiger partial charge on any atom is -0.465 e. The molecule has 3 heterocycles. The van der Waals surface area contributed by atoms with Gasteiger partial charge < -0.3 is 9.15 Å². The maximum atomic E-state index is 11.3. The van der Waals surface area contributed by atoms with Crippen molar-refractivity contribution in [3.05, 3.63) is 28.3 Å². The van der Waals surface area contributed by atoms with Gasteiger partial charge in [-0.1, -0.05) is 6.07 Å². The molecule has 0 unspecified atom stereocenters. The molecule has 0 radical (unpaired) electrons. The SMILES string of the molecule is O=C1OCC[C@@H]1Sc1nnc(Cc2cccs2)o1. The maximum Gasteiger partial charge on any atom is 0.319 e. The molecule has 0 N–H and O–H groups in total. The van der Waals surface area contributed by atoms with Crippen LogP contribution < -0.4 is 0 Å². The number of esters is 1. The quantitative estimate of drug-likeness (QED) is 0.800. The topological polar surface area (TPSA) is 65.2 Å². The molecule has 0 aromatic carbocycles. The molecule has 1 aliphatic heterocycles. The van der Waals surface area contributed by atoms with Gasteiger partial charge in [-0.25, -0.2) is 0 Å². The van der Waals surface area contributed by atoms with E-state index in [1.165, 1.54) is 16.6 Å². The lowest BCUT2D eigenvalue weighted by Gasteiger charge is -1.98. The number of ether oxygens (including phenoxy) is 1. The second-order valence-electron chi connectivity index (χ2n) is 3.78. The first-order valence-electron chi connectivity index (χ1n) is 5.49. The van der Waals surface area contributed by atoms with Gasteiger partial charge in [-0.2, -0.15) is 0 Å². The van der Waals surface area contributed by atoms with E-state index in [1.54, 1.807) is 11.3 Å². The van der Waals surface area contributed by atoms with Crippen LogP contribution in [0.3, 0.4) is 0 Å². The van der Waals surface area contributed by atoms with Crippen LogP contribution >= 0.6 is 23.1 Å². The Morgan fingerprint density at radius 2 is 2.44 bits per heavy atom. The number of hydrogen-bond donors (Lipinski definition) is 0. The second-order valence-corrected chi connectivity index (χ2v) is 5.97. The maximum absolute atomic E-state index is 11.3. The molecule has 0 saturated carbocycles. The predicted octanol–water partition coefficient (Wildman–Crippen LogP) is 2.13. The normalized spacial score (nSPS) is 19.1. The average molecular weight is 282 g/mol. The van der Waals surface area contributed by atoms with Gasteiger partial charge in [0, 0.05) is 11.3 Å². The molecule has 0 amide bonds. The predicted molar refractivity (Wildman–Crippen MR) is 66.6 cm³/mol. The smallest absolute Gasteiger partial charge is 0.319 e. The molecular formula is C11H10N2O3S2. The Hall–Kier alpha value is -1.34. The monoisotopic (exact) mass is 282 g/mol. The van der Waals surface area contributed by atoms with Crippen LogP contribution in [-0.2, 0) is 16.0 Å². The van der Waals surface area contributed by atoms with E-state index in [0.717, 1.165) is 0 Å². The molecule has 0 bridgehead atoms. The van der Waals surface area contributed by atoms with Crippen LogP contribution in [0.1, 0.15) is 17.2 Å². The van der Waals surface area contributed by atoms with Crippen molar-refractivity contribution in [1.82, 2.24) is 10.2 Å². The van der Waals surface area contributed by atoms with E-state index in [1.807, 2.05) is 17.5 Å². The minimum absolute atomic E-state index is 0.196. The molecule has 18 heavy (non-hydrogen) atoms. The second kappa shape index (κ2) is 5.11. The molecule has 7 heteroatoms. The highest BCUT2D eigenvalue weighted by molar-refractivity contribution is 8.00. The molecule has 5 nitrogen and oxygen atoms in total. The Morgan fingerprint density at radius 3 is 3.17 bits per heavy atom. The van der Waals surface area contributed by atoms with Crippen LogP contribution in [0, 0.1) is 0 Å². The van der Waals surface area contributed by atoms with Crippen LogP contribution in [0.5, 0.6) is 0 Å². The zero-order chi connectivity index (χ0) is 12.4. The van der Waals surface area contributed by atoms with E-state index < -0.39 is 0 Å². The number of cyclic esters (lactones) is 1. The van der Waals surface area contributed by atoms with E-state index in [9.17, 15) is 4.79 Å². The molecule has 94 valence electrons. The Morgan fingerprint density at radius 1 is 1.50 bits per heavy atom. The summed E-state index contributed by atoms with van der Waals surface area (Å²) in [6, 6.07) is 4.01. The molecule has 3 rings (SSSR count). The lowest BCUT2D eigenvalue weighted by atomic mass is 10.3. The van der Waals surface area contributed by atoms with Crippen molar-refractivity contribution in [1.29, 1.82) is 0 Å². The van der Waals surface area contributed by atoms with E-state index >= 15 is 0 Å². The van der Waals surface area contributed by atoms with Gasteiger partial charge in [-0.3, -0.25) is 4.79 Å². The van der Waals surface area contributed by atoms with Gasteiger partial charge in [0.15, 0.2) is 0 Å². The summed E-state index contributed by atoms with van der Waals surface area (Å²) in [5.74, 6) is 0.379. The van der Waals surface area contributed by atoms with Crippen molar-refractivity contribution in [3.63, 3.8) is 0 Å². The van der Waals surface area contributed by atoms with Crippen molar-refractivity contribution in [2.75, 3.05) is 6.61 Å². The number of carbonyl (C=O) groups excluding carboxylic acids is 1.